The van der Waals surface area contributed by atoms with Crippen molar-refractivity contribution >= 4 is 23.4 Å². The monoisotopic (exact) mass is 310 g/mol. The molecule has 0 bridgehead atoms. The van der Waals surface area contributed by atoms with E-state index < -0.39 is 4.92 Å². The van der Waals surface area contributed by atoms with Crippen LogP contribution in [0, 0.1) is 16.0 Å². The van der Waals surface area contributed by atoms with E-state index in [1.165, 1.54) is 17.8 Å². The predicted molar refractivity (Wildman–Crippen MR) is 80.6 cm³/mol. The fourth-order valence-corrected chi connectivity index (χ4v) is 3.09. The first-order chi connectivity index (χ1) is 10.0. The van der Waals surface area contributed by atoms with Crippen molar-refractivity contribution in [2.24, 2.45) is 5.92 Å². The number of thioether (sulfide) groups is 1. The van der Waals surface area contributed by atoms with Gasteiger partial charge in [-0.3, -0.25) is 14.9 Å². The summed E-state index contributed by atoms with van der Waals surface area (Å²) in [5, 5.41) is 23.2. The molecule has 1 fully saturated rings. The second kappa shape index (κ2) is 6.91. The zero-order valence-electron chi connectivity index (χ0n) is 11.7. The van der Waals surface area contributed by atoms with Gasteiger partial charge < -0.3 is 10.4 Å². The molecule has 114 valence electrons. The summed E-state index contributed by atoms with van der Waals surface area (Å²) in [6.45, 7) is 0.494. The number of carbonyl (C=O) groups is 1. The number of benzene rings is 1. The van der Waals surface area contributed by atoms with E-state index in [2.05, 4.69) is 5.32 Å². The minimum absolute atomic E-state index is 0.0496. The first-order valence-corrected chi connectivity index (χ1v) is 8.02. The molecule has 0 heterocycles. The molecular formula is C14H18N2O4S. The SMILES string of the molecule is CSc1ccc(C(=O)NCC2CCC(O)C2)cc1[N+](=O)[O-]. The van der Waals surface area contributed by atoms with E-state index in [1.54, 1.807) is 18.4 Å². The van der Waals surface area contributed by atoms with Crippen molar-refractivity contribution in [1.29, 1.82) is 0 Å². The molecule has 1 aromatic rings. The summed E-state index contributed by atoms with van der Waals surface area (Å²) in [7, 11) is 0. The molecule has 2 atom stereocenters. The molecule has 0 spiro atoms. The third-order valence-electron chi connectivity index (χ3n) is 3.70. The molecule has 1 aliphatic rings. The van der Waals surface area contributed by atoms with E-state index in [9.17, 15) is 20.0 Å². The molecular weight excluding hydrogens is 292 g/mol. The maximum absolute atomic E-state index is 12.1. The average Bonchev–Trinajstić information content (AvgIpc) is 2.89. The van der Waals surface area contributed by atoms with E-state index in [0.29, 0.717) is 17.9 Å². The zero-order valence-corrected chi connectivity index (χ0v) is 12.6. The third-order valence-corrected chi connectivity index (χ3v) is 4.49. The maximum atomic E-state index is 12.1. The standard InChI is InChI=1S/C14H18N2O4S/c1-21-13-5-3-10(7-12(13)16(19)20)14(18)15-8-9-2-4-11(17)6-9/h3,5,7,9,11,17H,2,4,6,8H2,1H3,(H,15,18). The Balaban J connectivity index is 2.02. The number of aliphatic hydroxyl groups excluding tert-OH is 1. The van der Waals surface area contributed by atoms with Crippen LogP contribution >= 0.6 is 11.8 Å². The molecule has 2 rings (SSSR count). The Morgan fingerprint density at radius 1 is 1.52 bits per heavy atom. The number of nitro benzene ring substituents is 1. The Morgan fingerprint density at radius 2 is 2.29 bits per heavy atom. The second-order valence-electron chi connectivity index (χ2n) is 5.19. The van der Waals surface area contributed by atoms with Crippen LogP contribution in [0.5, 0.6) is 0 Å². The van der Waals surface area contributed by atoms with Gasteiger partial charge in [-0.25, -0.2) is 0 Å². The minimum Gasteiger partial charge on any atom is -0.393 e. The van der Waals surface area contributed by atoms with Crippen LogP contribution in [0.1, 0.15) is 29.6 Å². The summed E-state index contributed by atoms with van der Waals surface area (Å²) in [6, 6.07) is 4.50. The Bertz CT molecular complexity index is 550. The molecule has 7 heteroatoms. The number of nitrogens with one attached hydrogen (secondary N) is 1. The number of nitro groups is 1. The Labute approximate surface area is 127 Å². The first-order valence-electron chi connectivity index (χ1n) is 6.80. The molecule has 0 aromatic heterocycles. The number of rotatable bonds is 5. The van der Waals surface area contributed by atoms with Crippen molar-refractivity contribution in [3.05, 3.63) is 33.9 Å². The van der Waals surface area contributed by atoms with Gasteiger partial charge in [0.25, 0.3) is 11.6 Å². The number of amides is 1. The molecule has 0 saturated heterocycles. The second-order valence-corrected chi connectivity index (χ2v) is 6.03. The quantitative estimate of drug-likeness (QED) is 0.494. The molecule has 1 saturated carbocycles. The van der Waals surface area contributed by atoms with Crippen molar-refractivity contribution in [3.63, 3.8) is 0 Å². The van der Waals surface area contributed by atoms with Crippen LogP contribution < -0.4 is 5.32 Å². The number of nitrogens with zero attached hydrogens (tertiary/aromatic N) is 1. The van der Waals surface area contributed by atoms with Crippen molar-refractivity contribution < 1.29 is 14.8 Å². The van der Waals surface area contributed by atoms with Crippen LogP contribution in [0.3, 0.4) is 0 Å². The number of aliphatic hydroxyl groups is 1. The highest BCUT2D eigenvalue weighted by Gasteiger charge is 2.23. The van der Waals surface area contributed by atoms with Gasteiger partial charge in [-0.2, -0.15) is 0 Å². The van der Waals surface area contributed by atoms with Crippen molar-refractivity contribution in [3.8, 4) is 0 Å². The molecule has 6 nitrogen and oxygen atoms in total. The topological polar surface area (TPSA) is 92.5 Å². The number of hydrogen-bond donors (Lipinski definition) is 2. The molecule has 21 heavy (non-hydrogen) atoms. The molecule has 1 aromatic carbocycles. The van der Waals surface area contributed by atoms with E-state index in [4.69, 9.17) is 0 Å². The van der Waals surface area contributed by atoms with E-state index >= 15 is 0 Å². The van der Waals surface area contributed by atoms with Crippen molar-refractivity contribution in [2.45, 2.75) is 30.3 Å². The molecule has 1 amide bonds. The average molecular weight is 310 g/mol. The number of hydrogen-bond acceptors (Lipinski definition) is 5. The maximum Gasteiger partial charge on any atom is 0.283 e. The van der Waals surface area contributed by atoms with Gasteiger partial charge in [0.2, 0.25) is 0 Å². The Morgan fingerprint density at radius 3 is 2.86 bits per heavy atom. The van der Waals surface area contributed by atoms with Crippen LogP contribution in [-0.4, -0.2) is 34.8 Å². The third kappa shape index (κ3) is 3.95. The fraction of sp³-hybridized carbons (Fsp3) is 0.500. The van der Waals surface area contributed by atoms with Crippen LogP contribution in [0.15, 0.2) is 23.1 Å². The van der Waals surface area contributed by atoms with Gasteiger partial charge in [-0.05, 0) is 43.6 Å². The summed E-state index contributed by atoms with van der Waals surface area (Å²) in [4.78, 5) is 23.1. The molecule has 0 radical (unpaired) electrons. The highest BCUT2D eigenvalue weighted by atomic mass is 32.2. The molecule has 2 N–H and O–H groups in total. The smallest absolute Gasteiger partial charge is 0.283 e. The molecule has 1 aliphatic carbocycles. The van der Waals surface area contributed by atoms with Gasteiger partial charge >= 0.3 is 0 Å². The van der Waals surface area contributed by atoms with Gasteiger partial charge in [0.05, 0.1) is 15.9 Å². The fourth-order valence-electron chi connectivity index (χ4n) is 2.55. The van der Waals surface area contributed by atoms with E-state index in [0.717, 1.165) is 12.8 Å². The van der Waals surface area contributed by atoms with Crippen molar-refractivity contribution in [2.75, 3.05) is 12.8 Å². The highest BCUT2D eigenvalue weighted by molar-refractivity contribution is 7.98. The van der Waals surface area contributed by atoms with Crippen LogP contribution in [-0.2, 0) is 0 Å². The first kappa shape index (κ1) is 15.8. The van der Waals surface area contributed by atoms with Gasteiger partial charge in [-0.1, -0.05) is 0 Å². The lowest BCUT2D eigenvalue weighted by molar-refractivity contribution is -0.387. The molecule has 0 aliphatic heterocycles. The lowest BCUT2D eigenvalue weighted by Crippen LogP contribution is -2.28. The van der Waals surface area contributed by atoms with Crippen LogP contribution in [0.25, 0.3) is 0 Å². The van der Waals surface area contributed by atoms with Gasteiger partial charge in [0.15, 0.2) is 0 Å². The van der Waals surface area contributed by atoms with Gasteiger partial charge in [0, 0.05) is 18.2 Å². The van der Waals surface area contributed by atoms with E-state index in [1.807, 2.05) is 0 Å². The van der Waals surface area contributed by atoms with Crippen molar-refractivity contribution in [1.82, 2.24) is 5.32 Å². The summed E-state index contributed by atoms with van der Waals surface area (Å²) < 4.78 is 0. The summed E-state index contributed by atoms with van der Waals surface area (Å²) in [5.41, 5.74) is 0.240. The Hall–Kier alpha value is -1.60. The Kier molecular flexibility index (Phi) is 5.19. The zero-order chi connectivity index (χ0) is 15.4. The van der Waals surface area contributed by atoms with Gasteiger partial charge in [-0.15, -0.1) is 11.8 Å². The largest absolute Gasteiger partial charge is 0.393 e. The van der Waals surface area contributed by atoms with Crippen LogP contribution in [0.2, 0.25) is 0 Å². The highest BCUT2D eigenvalue weighted by Crippen LogP contribution is 2.28. The van der Waals surface area contributed by atoms with E-state index in [-0.39, 0.29) is 29.2 Å². The normalized spacial score (nSPS) is 21.2. The van der Waals surface area contributed by atoms with Crippen LogP contribution in [0.4, 0.5) is 5.69 Å². The predicted octanol–water partition coefficient (Wildman–Crippen LogP) is 2.21. The lowest BCUT2D eigenvalue weighted by atomic mass is 10.1. The minimum atomic E-state index is -0.476. The summed E-state index contributed by atoms with van der Waals surface area (Å²) in [6.07, 6.45) is 3.86. The summed E-state index contributed by atoms with van der Waals surface area (Å²) >= 11 is 1.28. The number of carbonyl (C=O) groups excluding carboxylic acids is 1. The van der Waals surface area contributed by atoms with Gasteiger partial charge in [0.1, 0.15) is 0 Å². The molecule has 2 unspecified atom stereocenters. The summed E-state index contributed by atoms with van der Waals surface area (Å²) in [5.74, 6) is -0.0310. The lowest BCUT2D eigenvalue weighted by Gasteiger charge is -2.11.